The van der Waals surface area contributed by atoms with Crippen LogP contribution in [0.25, 0.3) is 11.3 Å². The molecule has 1 N–H and O–H groups in total. The summed E-state index contributed by atoms with van der Waals surface area (Å²) in [5.41, 5.74) is 4.11. The fourth-order valence-electron chi connectivity index (χ4n) is 4.59. The molecular weight excluding hydrogens is 440 g/mol. The second kappa shape index (κ2) is 9.77. The van der Waals surface area contributed by atoms with Gasteiger partial charge < -0.3 is 15.0 Å². The van der Waals surface area contributed by atoms with Crippen molar-refractivity contribution in [1.82, 2.24) is 20.0 Å². The van der Waals surface area contributed by atoms with Crippen LogP contribution in [0.3, 0.4) is 0 Å². The number of nitrogens with zero attached hydrogens (tertiary/aromatic N) is 5. The number of hydrogen-bond donors (Lipinski definition) is 1. The molecule has 8 nitrogen and oxygen atoms in total. The van der Waals surface area contributed by atoms with Crippen molar-refractivity contribution in [2.45, 2.75) is 45.6 Å². The first-order valence-electron chi connectivity index (χ1n) is 12.5. The van der Waals surface area contributed by atoms with Crippen LogP contribution in [0.15, 0.2) is 48.7 Å². The molecule has 0 spiro atoms. The number of aromatic nitrogens is 4. The van der Waals surface area contributed by atoms with E-state index in [2.05, 4.69) is 64.1 Å². The van der Waals surface area contributed by atoms with Crippen LogP contribution in [-0.2, 0) is 21.5 Å². The van der Waals surface area contributed by atoms with Gasteiger partial charge >= 0.3 is 0 Å². The smallest absolute Gasteiger partial charge is 0.231 e. The van der Waals surface area contributed by atoms with Gasteiger partial charge in [0.2, 0.25) is 5.91 Å². The van der Waals surface area contributed by atoms with Crippen LogP contribution in [0.1, 0.15) is 39.3 Å². The maximum absolute atomic E-state index is 12.7. The topological polar surface area (TPSA) is 85.2 Å². The normalized spacial score (nSPS) is 17.3. The van der Waals surface area contributed by atoms with Crippen LogP contribution in [0, 0.1) is 11.8 Å². The van der Waals surface area contributed by atoms with Gasteiger partial charge in [-0.15, -0.1) is 5.10 Å². The minimum absolute atomic E-state index is 0.0222. The van der Waals surface area contributed by atoms with E-state index in [1.54, 1.807) is 6.20 Å². The largest absolute Gasteiger partial charge is 0.381 e. The number of carbonyl (C=O) groups is 1. The van der Waals surface area contributed by atoms with Crippen molar-refractivity contribution in [3.8, 4) is 11.3 Å². The Kier molecular flexibility index (Phi) is 6.56. The SMILES string of the molecule is CC(C)(C)c1cc(-c2ccc(NC(=O)C3CN(c4cccnn4)C3)cc2)n(CC2CCOCC2)n1. The molecule has 8 heteroatoms. The van der Waals surface area contributed by atoms with Gasteiger partial charge in [0.15, 0.2) is 5.82 Å². The number of amides is 1. The summed E-state index contributed by atoms with van der Waals surface area (Å²) >= 11 is 0. The quantitative estimate of drug-likeness (QED) is 0.578. The Labute approximate surface area is 206 Å². The molecule has 2 aromatic heterocycles. The molecule has 0 saturated carbocycles. The average molecular weight is 475 g/mol. The van der Waals surface area contributed by atoms with E-state index in [-0.39, 0.29) is 17.2 Å². The van der Waals surface area contributed by atoms with Crippen molar-refractivity contribution >= 4 is 17.4 Å². The van der Waals surface area contributed by atoms with Gasteiger partial charge in [0.05, 0.1) is 17.3 Å². The fraction of sp³-hybridized carbons (Fsp3) is 0.481. The van der Waals surface area contributed by atoms with Gasteiger partial charge in [0.1, 0.15) is 0 Å². The predicted molar refractivity (Wildman–Crippen MR) is 136 cm³/mol. The molecule has 0 unspecified atom stereocenters. The first-order valence-corrected chi connectivity index (χ1v) is 12.5. The van der Waals surface area contributed by atoms with E-state index in [0.717, 1.165) is 61.1 Å². The van der Waals surface area contributed by atoms with Gasteiger partial charge in [0.25, 0.3) is 0 Å². The lowest BCUT2D eigenvalue weighted by Gasteiger charge is -2.38. The summed E-state index contributed by atoms with van der Waals surface area (Å²) in [5, 5.41) is 16.1. The van der Waals surface area contributed by atoms with E-state index in [9.17, 15) is 4.79 Å². The molecular formula is C27H34N6O2. The summed E-state index contributed by atoms with van der Waals surface area (Å²) in [4.78, 5) is 14.8. The first kappa shape index (κ1) is 23.5. The van der Waals surface area contributed by atoms with Crippen LogP contribution in [-0.4, -0.2) is 52.2 Å². The van der Waals surface area contributed by atoms with Gasteiger partial charge in [-0.05, 0) is 54.7 Å². The van der Waals surface area contributed by atoms with E-state index >= 15 is 0 Å². The fourth-order valence-corrected chi connectivity index (χ4v) is 4.59. The number of rotatable bonds is 6. The van der Waals surface area contributed by atoms with E-state index in [1.807, 2.05) is 24.3 Å². The van der Waals surface area contributed by atoms with Crippen molar-refractivity contribution in [2.24, 2.45) is 11.8 Å². The lowest BCUT2D eigenvalue weighted by Crippen LogP contribution is -2.52. The molecule has 1 aromatic carbocycles. The number of anilines is 2. The minimum Gasteiger partial charge on any atom is -0.381 e. The van der Waals surface area contributed by atoms with Crippen LogP contribution in [0.5, 0.6) is 0 Å². The monoisotopic (exact) mass is 474 g/mol. The van der Waals surface area contributed by atoms with Gasteiger partial charge in [-0.25, -0.2) is 0 Å². The third kappa shape index (κ3) is 5.37. The maximum Gasteiger partial charge on any atom is 0.231 e. The number of carbonyl (C=O) groups excluding carboxylic acids is 1. The number of benzene rings is 1. The Morgan fingerprint density at radius 3 is 2.51 bits per heavy atom. The number of ether oxygens (including phenoxy) is 1. The lowest BCUT2D eigenvalue weighted by atomic mass is 9.92. The van der Waals surface area contributed by atoms with E-state index in [4.69, 9.17) is 9.84 Å². The van der Waals surface area contributed by atoms with Crippen LogP contribution < -0.4 is 10.2 Å². The molecule has 4 heterocycles. The standard InChI is InChI=1S/C27H34N6O2/c1-27(2,3)24-15-23(33(31-24)16-19-10-13-35-14-11-19)20-6-8-22(9-7-20)29-26(34)21-17-32(18-21)25-5-4-12-28-30-25/h4-9,12,15,19,21H,10-11,13-14,16-18H2,1-3H3,(H,29,34). The van der Waals surface area contributed by atoms with E-state index < -0.39 is 0 Å². The van der Waals surface area contributed by atoms with Gasteiger partial charge in [-0.3, -0.25) is 9.48 Å². The molecule has 2 aliphatic rings. The third-order valence-electron chi connectivity index (χ3n) is 6.90. The summed E-state index contributed by atoms with van der Waals surface area (Å²) in [6, 6.07) is 14.1. The summed E-state index contributed by atoms with van der Waals surface area (Å²) in [5.74, 6) is 1.38. The minimum atomic E-state index is -0.0491. The van der Waals surface area contributed by atoms with Crippen molar-refractivity contribution < 1.29 is 9.53 Å². The molecule has 2 fully saturated rings. The van der Waals surface area contributed by atoms with Crippen LogP contribution >= 0.6 is 0 Å². The molecule has 0 atom stereocenters. The highest BCUT2D eigenvalue weighted by atomic mass is 16.5. The van der Waals surface area contributed by atoms with Crippen molar-refractivity contribution in [1.29, 1.82) is 0 Å². The van der Waals surface area contributed by atoms with Crippen LogP contribution in [0.2, 0.25) is 0 Å². The van der Waals surface area contributed by atoms with E-state index in [1.165, 1.54) is 0 Å². The van der Waals surface area contributed by atoms with E-state index in [0.29, 0.717) is 19.0 Å². The Morgan fingerprint density at radius 1 is 1.11 bits per heavy atom. The third-order valence-corrected chi connectivity index (χ3v) is 6.90. The predicted octanol–water partition coefficient (Wildman–Crippen LogP) is 4.14. The van der Waals surface area contributed by atoms with Crippen molar-refractivity contribution in [3.05, 3.63) is 54.4 Å². The lowest BCUT2D eigenvalue weighted by molar-refractivity contribution is -0.120. The van der Waals surface area contributed by atoms with Gasteiger partial charge in [0, 0.05) is 50.1 Å². The zero-order valence-corrected chi connectivity index (χ0v) is 20.8. The zero-order chi connectivity index (χ0) is 24.4. The van der Waals surface area contributed by atoms with Crippen LogP contribution in [0.4, 0.5) is 11.5 Å². The maximum atomic E-state index is 12.7. The zero-order valence-electron chi connectivity index (χ0n) is 20.8. The Hall–Kier alpha value is -3.26. The first-order chi connectivity index (χ1) is 16.9. The molecule has 35 heavy (non-hydrogen) atoms. The summed E-state index contributed by atoms with van der Waals surface area (Å²) < 4.78 is 7.71. The highest BCUT2D eigenvalue weighted by Gasteiger charge is 2.33. The Bertz CT molecular complexity index is 1140. The number of nitrogens with one attached hydrogen (secondary N) is 1. The molecule has 2 aliphatic heterocycles. The Morgan fingerprint density at radius 2 is 1.86 bits per heavy atom. The molecule has 5 rings (SSSR count). The van der Waals surface area contributed by atoms with Crippen molar-refractivity contribution in [2.75, 3.05) is 36.5 Å². The Balaban J connectivity index is 1.26. The summed E-state index contributed by atoms with van der Waals surface area (Å²) in [7, 11) is 0. The molecule has 184 valence electrons. The highest BCUT2D eigenvalue weighted by Crippen LogP contribution is 2.30. The second-order valence-electron chi connectivity index (χ2n) is 10.7. The molecule has 2 saturated heterocycles. The number of hydrogen-bond acceptors (Lipinski definition) is 6. The summed E-state index contributed by atoms with van der Waals surface area (Å²) in [6.45, 7) is 10.5. The van der Waals surface area contributed by atoms with Gasteiger partial charge in [-0.2, -0.15) is 10.2 Å². The molecule has 0 bridgehead atoms. The molecule has 1 amide bonds. The summed E-state index contributed by atoms with van der Waals surface area (Å²) in [6.07, 6.45) is 3.80. The van der Waals surface area contributed by atoms with Crippen molar-refractivity contribution in [3.63, 3.8) is 0 Å². The second-order valence-corrected chi connectivity index (χ2v) is 10.7. The van der Waals surface area contributed by atoms with Gasteiger partial charge in [-0.1, -0.05) is 32.9 Å². The average Bonchev–Trinajstić information content (AvgIpc) is 3.24. The molecule has 0 aliphatic carbocycles. The molecule has 0 radical (unpaired) electrons. The molecule has 3 aromatic rings. The highest BCUT2D eigenvalue weighted by molar-refractivity contribution is 5.94.